The minimum Gasteiger partial charge on any atom is -0.366 e. The number of benzene rings is 2. The Labute approximate surface area is 208 Å². The molecule has 2 unspecified atom stereocenters. The van der Waals surface area contributed by atoms with Crippen LogP contribution in [0, 0.1) is 5.82 Å². The summed E-state index contributed by atoms with van der Waals surface area (Å²) in [4.78, 5) is 16.4. The average Bonchev–Trinajstić information content (AvgIpc) is 2.85. The van der Waals surface area contributed by atoms with Crippen molar-refractivity contribution in [3.8, 4) is 0 Å². The number of anilines is 2. The van der Waals surface area contributed by atoms with Crippen LogP contribution in [0.15, 0.2) is 60.7 Å². The van der Waals surface area contributed by atoms with E-state index in [2.05, 4.69) is 15.6 Å². The van der Waals surface area contributed by atoms with Crippen molar-refractivity contribution in [3.05, 3.63) is 88.9 Å². The molecule has 192 valence electrons. The molecule has 0 fully saturated rings. The molecule has 0 aliphatic rings. The minimum absolute atomic E-state index is 0.0166. The van der Waals surface area contributed by atoms with Crippen LogP contribution >= 0.6 is 0 Å². The second kappa shape index (κ2) is 11.5. The van der Waals surface area contributed by atoms with Gasteiger partial charge >= 0.3 is 6.18 Å². The molecule has 0 aliphatic carbocycles. The molecule has 36 heavy (non-hydrogen) atoms. The van der Waals surface area contributed by atoms with Crippen molar-refractivity contribution in [1.29, 1.82) is 0 Å². The number of rotatable bonds is 9. The minimum atomic E-state index is -4.63. The number of carbonyl (C=O) groups excluding carboxylic acids is 1. The third-order valence-corrected chi connectivity index (χ3v) is 6.13. The third-order valence-electron chi connectivity index (χ3n) is 5.46. The molecule has 0 radical (unpaired) electrons. The average molecular weight is 525 g/mol. The molecule has 3 N–H and O–H groups in total. The number of halogens is 4. The highest BCUT2D eigenvalue weighted by molar-refractivity contribution is 7.80. The number of nitrogens with one attached hydrogen (secondary N) is 2. The Hall–Kier alpha value is -3.51. The van der Waals surface area contributed by atoms with Gasteiger partial charge in [-0.25, -0.2) is 13.6 Å². The van der Waals surface area contributed by atoms with Gasteiger partial charge < -0.3 is 10.6 Å². The summed E-state index contributed by atoms with van der Waals surface area (Å²) in [6, 6.07) is 15.0. The Balaban J connectivity index is 1.74. The topological polar surface area (TPSA) is 94.6 Å². The Kier molecular flexibility index (Phi) is 8.64. The van der Waals surface area contributed by atoms with Crippen LogP contribution < -0.4 is 14.9 Å². The molecule has 0 saturated heterocycles. The summed E-state index contributed by atoms with van der Waals surface area (Å²) >= 11 is -2.41. The van der Waals surface area contributed by atoms with Crippen LogP contribution in [0.1, 0.15) is 35.2 Å². The van der Waals surface area contributed by atoms with Gasteiger partial charge in [-0.15, -0.1) is 0 Å². The van der Waals surface area contributed by atoms with Crippen LogP contribution in [0.4, 0.5) is 29.1 Å². The molecule has 7 nitrogen and oxygen atoms in total. The molecule has 0 spiro atoms. The van der Waals surface area contributed by atoms with Crippen LogP contribution in [0.2, 0.25) is 0 Å². The van der Waals surface area contributed by atoms with Gasteiger partial charge in [0.25, 0.3) is 11.3 Å². The molecule has 12 heteroatoms. The molecule has 3 aromatic rings. The summed E-state index contributed by atoms with van der Waals surface area (Å²) in [6.07, 6.45) is -4.63. The zero-order chi connectivity index (χ0) is 26.5. The zero-order valence-electron chi connectivity index (χ0n) is 19.3. The SMILES string of the molecule is CC(C(=O)NCc1ccc(C(F)(F)F)nc1NCc1ccccc1)c1ccc(N(C)S(=O)O)c(F)c1. The van der Waals surface area contributed by atoms with E-state index < -0.39 is 40.8 Å². The number of amides is 1. The molecule has 1 aromatic heterocycles. The second-order valence-electron chi connectivity index (χ2n) is 7.92. The molecule has 0 aliphatic heterocycles. The van der Waals surface area contributed by atoms with Gasteiger partial charge in [-0.3, -0.25) is 13.7 Å². The molecule has 1 amide bonds. The Bertz CT molecular complexity index is 1240. The van der Waals surface area contributed by atoms with Gasteiger partial charge in [0.05, 0.1) is 11.6 Å². The standard InChI is InChI=1S/C24H24F4N4O3S/c1-15(17-8-10-20(19(25)12-17)32(2)36(34)35)23(33)30-14-18-9-11-21(24(26,27)28)31-22(18)29-13-16-6-4-3-5-7-16/h3-12,15H,13-14H2,1-2H3,(H,29,31)(H,30,33)(H,34,35). The lowest BCUT2D eigenvalue weighted by Crippen LogP contribution is -2.28. The lowest BCUT2D eigenvalue weighted by Gasteiger charge is -2.18. The molecule has 1 heterocycles. The first-order valence-corrected chi connectivity index (χ1v) is 11.8. The fraction of sp³-hybridized carbons (Fsp3) is 0.250. The van der Waals surface area contributed by atoms with Gasteiger partial charge in [0.15, 0.2) is 0 Å². The summed E-state index contributed by atoms with van der Waals surface area (Å²) < 4.78 is 75.1. The number of carbonyl (C=O) groups is 1. The Morgan fingerprint density at radius 1 is 1.11 bits per heavy atom. The van der Waals surface area contributed by atoms with Crippen molar-refractivity contribution in [3.63, 3.8) is 0 Å². The highest BCUT2D eigenvalue weighted by Gasteiger charge is 2.33. The normalized spacial score (nSPS) is 13.1. The lowest BCUT2D eigenvalue weighted by molar-refractivity contribution is -0.141. The summed E-state index contributed by atoms with van der Waals surface area (Å²) in [7, 11) is 1.24. The van der Waals surface area contributed by atoms with Crippen LogP contribution in [0.5, 0.6) is 0 Å². The van der Waals surface area contributed by atoms with E-state index in [-0.39, 0.29) is 24.6 Å². The maximum Gasteiger partial charge on any atom is 0.433 e. The second-order valence-corrected chi connectivity index (χ2v) is 8.93. The Morgan fingerprint density at radius 3 is 2.42 bits per heavy atom. The molecule has 0 saturated carbocycles. The fourth-order valence-electron chi connectivity index (χ4n) is 3.34. The van der Waals surface area contributed by atoms with E-state index in [9.17, 15) is 26.6 Å². The molecular weight excluding hydrogens is 500 g/mol. The first-order chi connectivity index (χ1) is 17.0. The lowest BCUT2D eigenvalue weighted by atomic mass is 9.99. The van der Waals surface area contributed by atoms with Crippen molar-refractivity contribution in [2.75, 3.05) is 16.7 Å². The predicted octanol–water partition coefficient (Wildman–Crippen LogP) is 4.84. The van der Waals surface area contributed by atoms with E-state index >= 15 is 0 Å². The molecular formula is C24H24F4N4O3S. The Morgan fingerprint density at radius 2 is 1.81 bits per heavy atom. The van der Waals surface area contributed by atoms with Gasteiger partial charge in [0.1, 0.15) is 17.3 Å². The van der Waals surface area contributed by atoms with Crippen LogP contribution in [0.3, 0.4) is 0 Å². The molecule has 3 rings (SSSR count). The largest absolute Gasteiger partial charge is 0.433 e. The van der Waals surface area contributed by atoms with Crippen LogP contribution in [-0.2, 0) is 35.3 Å². The van der Waals surface area contributed by atoms with Crippen LogP contribution in [-0.4, -0.2) is 26.7 Å². The van der Waals surface area contributed by atoms with Crippen molar-refractivity contribution in [2.45, 2.75) is 32.1 Å². The monoisotopic (exact) mass is 524 g/mol. The predicted molar refractivity (Wildman–Crippen MR) is 129 cm³/mol. The maximum absolute atomic E-state index is 14.4. The van der Waals surface area contributed by atoms with Gasteiger partial charge in [-0.05, 0) is 36.2 Å². The van der Waals surface area contributed by atoms with E-state index in [0.717, 1.165) is 22.0 Å². The van der Waals surface area contributed by atoms with Gasteiger partial charge in [0, 0.05) is 25.7 Å². The summed E-state index contributed by atoms with van der Waals surface area (Å²) in [5, 5.41) is 5.55. The van der Waals surface area contributed by atoms with Crippen molar-refractivity contribution in [1.82, 2.24) is 10.3 Å². The van der Waals surface area contributed by atoms with Crippen molar-refractivity contribution >= 4 is 28.7 Å². The highest BCUT2D eigenvalue weighted by atomic mass is 32.2. The fourth-order valence-corrected chi connectivity index (χ4v) is 3.66. The highest BCUT2D eigenvalue weighted by Crippen LogP contribution is 2.30. The van der Waals surface area contributed by atoms with Gasteiger partial charge in [-0.1, -0.05) is 42.5 Å². The quantitative estimate of drug-likeness (QED) is 0.275. The number of alkyl halides is 3. The van der Waals surface area contributed by atoms with E-state index in [1.807, 2.05) is 18.2 Å². The number of aromatic nitrogens is 1. The van der Waals surface area contributed by atoms with E-state index in [4.69, 9.17) is 4.55 Å². The molecule has 2 atom stereocenters. The third kappa shape index (κ3) is 6.79. The number of pyridine rings is 1. The van der Waals surface area contributed by atoms with E-state index in [0.29, 0.717) is 11.1 Å². The first kappa shape index (κ1) is 27.1. The smallest absolute Gasteiger partial charge is 0.366 e. The van der Waals surface area contributed by atoms with Crippen molar-refractivity contribution in [2.24, 2.45) is 0 Å². The summed E-state index contributed by atoms with van der Waals surface area (Å²) in [6.45, 7) is 1.65. The summed E-state index contributed by atoms with van der Waals surface area (Å²) in [5.41, 5.74) is 0.316. The van der Waals surface area contributed by atoms with Gasteiger partial charge in [-0.2, -0.15) is 13.2 Å². The van der Waals surface area contributed by atoms with Gasteiger partial charge in [0.2, 0.25) is 5.91 Å². The van der Waals surface area contributed by atoms with E-state index in [1.165, 1.54) is 32.2 Å². The first-order valence-electron chi connectivity index (χ1n) is 10.7. The number of hydrogen-bond donors (Lipinski definition) is 3. The maximum atomic E-state index is 14.4. The molecule has 0 bridgehead atoms. The van der Waals surface area contributed by atoms with E-state index in [1.54, 1.807) is 12.1 Å². The van der Waals surface area contributed by atoms with Crippen molar-refractivity contribution < 1.29 is 31.1 Å². The zero-order valence-corrected chi connectivity index (χ0v) is 20.2. The summed E-state index contributed by atoms with van der Waals surface area (Å²) in [5.74, 6) is -2.09. The van der Waals surface area contributed by atoms with Crippen LogP contribution in [0.25, 0.3) is 0 Å². The number of nitrogens with zero attached hydrogens (tertiary/aromatic N) is 2. The molecule has 2 aromatic carbocycles. The number of hydrogen-bond acceptors (Lipinski definition) is 4.